The Morgan fingerprint density at radius 2 is 1.96 bits per heavy atom. The first-order valence-electron chi connectivity index (χ1n) is 9.42. The Labute approximate surface area is 164 Å². The van der Waals surface area contributed by atoms with E-state index in [4.69, 9.17) is 18.9 Å². The van der Waals surface area contributed by atoms with Gasteiger partial charge in [0.15, 0.2) is 6.29 Å². The van der Waals surface area contributed by atoms with Gasteiger partial charge < -0.3 is 44.4 Å². The normalized spacial score (nSPS) is 41.6. The van der Waals surface area contributed by atoms with Gasteiger partial charge in [-0.2, -0.15) is 0 Å². The molecule has 0 radical (unpaired) electrons. The van der Waals surface area contributed by atoms with E-state index in [1.165, 1.54) is 14.0 Å². The molecule has 2 saturated heterocycles. The van der Waals surface area contributed by atoms with Crippen molar-refractivity contribution in [3.05, 3.63) is 0 Å². The van der Waals surface area contributed by atoms with Gasteiger partial charge in [-0.1, -0.05) is 13.8 Å². The van der Waals surface area contributed by atoms with Crippen molar-refractivity contribution in [1.29, 1.82) is 0 Å². The molecule has 0 aromatic carbocycles. The molecule has 0 aromatic heterocycles. The van der Waals surface area contributed by atoms with Gasteiger partial charge in [0.25, 0.3) is 0 Å². The number of rotatable bonds is 7. The second-order valence-electron chi connectivity index (χ2n) is 7.56. The summed E-state index contributed by atoms with van der Waals surface area (Å²) in [4.78, 5) is 22.8. The Morgan fingerprint density at radius 1 is 1.29 bits per heavy atom. The molecule has 162 valence electrons. The largest absolute Gasteiger partial charge is 0.394 e. The van der Waals surface area contributed by atoms with Gasteiger partial charge in [0.2, 0.25) is 5.91 Å². The molecule has 6 unspecified atom stereocenters. The lowest BCUT2D eigenvalue weighted by atomic mass is 9.87. The molecule has 2 aliphatic heterocycles. The summed E-state index contributed by atoms with van der Waals surface area (Å²) in [5, 5.41) is 33.7. The Bertz CT molecular complexity index is 531. The number of carbonyl (C=O) groups is 2. The van der Waals surface area contributed by atoms with Crippen LogP contribution in [0.15, 0.2) is 0 Å². The monoisotopic (exact) mass is 405 g/mol. The van der Waals surface area contributed by atoms with Crippen LogP contribution >= 0.6 is 0 Å². The van der Waals surface area contributed by atoms with E-state index in [0.717, 1.165) is 0 Å². The zero-order chi connectivity index (χ0) is 21.0. The lowest BCUT2D eigenvalue weighted by Gasteiger charge is -2.47. The van der Waals surface area contributed by atoms with Crippen molar-refractivity contribution < 1.29 is 43.9 Å². The standard InChI is InChI=1S/C18H31NO9/c1-8(2)16-13(19-9(3)22)15(24)17(12(7-21)27-16)28-18-14(23)11(25-4)5-10(6-20)26-18/h6,8,10-18,21,23-24H,5,7H2,1-4H3,(H,19,22)/t10?,11?,12?,13?,14?,15?,16-,17+,18-/m0/s1. The Morgan fingerprint density at radius 3 is 2.46 bits per heavy atom. The van der Waals surface area contributed by atoms with Gasteiger partial charge in [-0.15, -0.1) is 0 Å². The molecule has 2 aliphatic rings. The average Bonchev–Trinajstić information content (AvgIpc) is 2.65. The van der Waals surface area contributed by atoms with Crippen LogP contribution < -0.4 is 5.32 Å². The number of ether oxygens (including phenoxy) is 4. The maximum Gasteiger partial charge on any atom is 0.217 e. The van der Waals surface area contributed by atoms with E-state index in [1.807, 2.05) is 13.8 Å². The molecule has 0 aromatic rings. The summed E-state index contributed by atoms with van der Waals surface area (Å²) in [6.07, 6.45) is -7.11. The minimum absolute atomic E-state index is 0.0599. The van der Waals surface area contributed by atoms with Gasteiger partial charge in [-0.25, -0.2) is 0 Å². The van der Waals surface area contributed by atoms with Gasteiger partial charge in [0, 0.05) is 20.5 Å². The van der Waals surface area contributed by atoms with Crippen molar-refractivity contribution in [1.82, 2.24) is 5.32 Å². The molecule has 28 heavy (non-hydrogen) atoms. The van der Waals surface area contributed by atoms with Crippen molar-refractivity contribution in [2.45, 2.75) is 82.3 Å². The van der Waals surface area contributed by atoms with Crippen LogP contribution in [0.3, 0.4) is 0 Å². The van der Waals surface area contributed by atoms with Crippen LogP contribution in [0.2, 0.25) is 0 Å². The lowest BCUT2D eigenvalue weighted by Crippen LogP contribution is -2.67. The molecule has 2 heterocycles. The van der Waals surface area contributed by atoms with Crippen LogP contribution in [-0.4, -0.2) is 96.3 Å². The summed E-state index contributed by atoms with van der Waals surface area (Å²) in [5.41, 5.74) is 0. The van der Waals surface area contributed by atoms with Gasteiger partial charge >= 0.3 is 0 Å². The second kappa shape index (κ2) is 10.1. The van der Waals surface area contributed by atoms with E-state index in [0.29, 0.717) is 6.29 Å². The summed E-state index contributed by atoms with van der Waals surface area (Å²) < 4.78 is 22.3. The topological polar surface area (TPSA) is 144 Å². The molecule has 10 heteroatoms. The molecule has 10 nitrogen and oxygen atoms in total. The predicted molar refractivity (Wildman–Crippen MR) is 95.2 cm³/mol. The van der Waals surface area contributed by atoms with E-state index in [9.17, 15) is 24.9 Å². The maximum absolute atomic E-state index is 11.6. The number of carbonyl (C=O) groups excluding carboxylic acids is 2. The van der Waals surface area contributed by atoms with E-state index in [-0.39, 0.29) is 18.2 Å². The fraction of sp³-hybridized carbons (Fsp3) is 0.889. The van der Waals surface area contributed by atoms with Crippen LogP contribution in [0, 0.1) is 5.92 Å². The van der Waals surface area contributed by atoms with Gasteiger partial charge in [0.05, 0.1) is 24.9 Å². The highest BCUT2D eigenvalue weighted by molar-refractivity contribution is 5.73. The zero-order valence-electron chi connectivity index (χ0n) is 16.6. The Hall–Kier alpha value is -1.14. The SMILES string of the molecule is COC1CC(C=O)O[C@@H](O[C@@H]2C(CO)O[C@@H](C(C)C)C(NC(C)=O)C2O)C1O. The van der Waals surface area contributed by atoms with Gasteiger partial charge in [0.1, 0.15) is 36.8 Å². The van der Waals surface area contributed by atoms with Crippen LogP contribution in [0.5, 0.6) is 0 Å². The maximum atomic E-state index is 11.6. The molecule has 2 fully saturated rings. The van der Waals surface area contributed by atoms with Crippen LogP contribution in [0.4, 0.5) is 0 Å². The number of nitrogens with one attached hydrogen (secondary N) is 1. The fourth-order valence-corrected chi connectivity index (χ4v) is 3.71. The molecule has 1 amide bonds. The van der Waals surface area contributed by atoms with Crippen LogP contribution in [0.1, 0.15) is 27.2 Å². The summed E-state index contributed by atoms with van der Waals surface area (Å²) in [6, 6.07) is -0.786. The number of methoxy groups -OCH3 is 1. The molecule has 2 rings (SSSR count). The van der Waals surface area contributed by atoms with Gasteiger partial charge in [-0.3, -0.25) is 4.79 Å². The first-order chi connectivity index (χ1) is 13.2. The first kappa shape index (κ1) is 23.1. The molecule has 0 saturated carbocycles. The Balaban J connectivity index is 2.23. The quantitative estimate of drug-likeness (QED) is 0.366. The first-order valence-corrected chi connectivity index (χ1v) is 9.42. The molecule has 9 atom stereocenters. The Kier molecular flexibility index (Phi) is 8.31. The molecule has 0 spiro atoms. The van der Waals surface area contributed by atoms with E-state index >= 15 is 0 Å². The summed E-state index contributed by atoms with van der Waals surface area (Å²) in [5.74, 6) is -0.413. The molecular weight excluding hydrogens is 374 g/mol. The smallest absolute Gasteiger partial charge is 0.217 e. The highest BCUT2D eigenvalue weighted by atomic mass is 16.7. The second-order valence-corrected chi connectivity index (χ2v) is 7.56. The minimum atomic E-state index is -1.28. The van der Waals surface area contributed by atoms with E-state index in [2.05, 4.69) is 5.32 Å². The van der Waals surface area contributed by atoms with Crippen molar-refractivity contribution in [3.8, 4) is 0 Å². The van der Waals surface area contributed by atoms with E-state index in [1.54, 1.807) is 0 Å². The molecular formula is C18H31NO9. The molecule has 0 aliphatic carbocycles. The summed E-state index contributed by atoms with van der Waals surface area (Å²) in [7, 11) is 1.40. The highest BCUT2D eigenvalue weighted by Crippen LogP contribution is 2.31. The van der Waals surface area contributed by atoms with Crippen molar-refractivity contribution in [3.63, 3.8) is 0 Å². The van der Waals surface area contributed by atoms with Crippen LogP contribution in [0.25, 0.3) is 0 Å². The predicted octanol–water partition coefficient (Wildman–Crippen LogP) is -1.66. The van der Waals surface area contributed by atoms with E-state index < -0.39 is 61.7 Å². The molecule has 0 bridgehead atoms. The highest BCUT2D eigenvalue weighted by Gasteiger charge is 2.50. The lowest BCUT2D eigenvalue weighted by molar-refractivity contribution is -0.314. The van der Waals surface area contributed by atoms with Crippen molar-refractivity contribution in [2.75, 3.05) is 13.7 Å². The van der Waals surface area contributed by atoms with Crippen LogP contribution in [-0.2, 0) is 28.5 Å². The number of aliphatic hydroxyl groups is 3. The number of amides is 1. The third-order valence-electron chi connectivity index (χ3n) is 5.14. The average molecular weight is 405 g/mol. The third-order valence-corrected chi connectivity index (χ3v) is 5.14. The number of hydrogen-bond donors (Lipinski definition) is 4. The summed E-state index contributed by atoms with van der Waals surface area (Å²) in [6.45, 7) is 4.61. The van der Waals surface area contributed by atoms with Crippen molar-refractivity contribution >= 4 is 12.2 Å². The third kappa shape index (κ3) is 5.07. The van der Waals surface area contributed by atoms with Crippen molar-refractivity contribution in [2.24, 2.45) is 5.92 Å². The zero-order valence-corrected chi connectivity index (χ0v) is 16.6. The minimum Gasteiger partial charge on any atom is -0.394 e. The summed E-state index contributed by atoms with van der Waals surface area (Å²) >= 11 is 0. The number of aldehydes is 1. The molecule has 4 N–H and O–H groups in total. The number of hydrogen-bond acceptors (Lipinski definition) is 9. The van der Waals surface area contributed by atoms with Gasteiger partial charge in [-0.05, 0) is 5.92 Å². The number of aliphatic hydroxyl groups excluding tert-OH is 3. The fourth-order valence-electron chi connectivity index (χ4n) is 3.71.